The number of hydrogen-bond donors (Lipinski definition) is 2. The van der Waals surface area contributed by atoms with Gasteiger partial charge in [-0.1, -0.05) is 0 Å². The van der Waals surface area contributed by atoms with Crippen LogP contribution in [0.4, 0.5) is 5.69 Å². The third kappa shape index (κ3) is 6.95. The van der Waals surface area contributed by atoms with Gasteiger partial charge in [0.05, 0.1) is 5.71 Å². The molecule has 0 saturated heterocycles. The number of aromatic hydroxyl groups is 1. The lowest BCUT2D eigenvalue weighted by Crippen LogP contribution is -2.04. The zero-order valence-corrected chi connectivity index (χ0v) is 12.2. The molecule has 22 heavy (non-hydrogen) atoms. The molecule has 2 amide bonds. The number of nitrogens with one attached hydrogen (secondary N) is 1. The van der Waals surface area contributed by atoms with Gasteiger partial charge in [-0.05, 0) is 48.6 Å². The van der Waals surface area contributed by atoms with Crippen molar-refractivity contribution in [3.63, 3.8) is 0 Å². The van der Waals surface area contributed by atoms with Crippen LogP contribution in [0.2, 0.25) is 0 Å². The quantitative estimate of drug-likeness (QED) is 0.612. The fourth-order valence-corrected chi connectivity index (χ4v) is 1.45. The Morgan fingerprint density at radius 1 is 1.00 bits per heavy atom. The second kappa shape index (κ2) is 8.31. The number of ketones is 1. The van der Waals surface area contributed by atoms with Crippen LogP contribution in [0.3, 0.4) is 0 Å². The van der Waals surface area contributed by atoms with Crippen molar-refractivity contribution in [2.24, 2.45) is 4.99 Å². The van der Waals surface area contributed by atoms with Gasteiger partial charge >= 0.3 is 0 Å². The highest BCUT2D eigenvalue weighted by atomic mass is 16.3. The van der Waals surface area contributed by atoms with Crippen LogP contribution in [-0.4, -0.2) is 28.4 Å². The third-order valence-corrected chi connectivity index (χ3v) is 2.31. The summed E-state index contributed by atoms with van der Waals surface area (Å²) in [5, 5.41) is 11.5. The minimum absolute atomic E-state index is 0.0764. The number of anilines is 1. The van der Waals surface area contributed by atoms with Gasteiger partial charge in [-0.15, -0.1) is 0 Å². The van der Waals surface area contributed by atoms with Crippen LogP contribution in [0, 0.1) is 0 Å². The number of rotatable bonds is 1. The SMILES string of the molecule is CC(=O)N=C1C=CC(=O)C=C1.CC(=O)Nc1ccc(O)cc1. The Kier molecular flexibility index (Phi) is 6.43. The molecule has 0 saturated carbocycles. The van der Waals surface area contributed by atoms with Gasteiger partial charge in [-0.3, -0.25) is 14.4 Å². The van der Waals surface area contributed by atoms with Gasteiger partial charge in [-0.25, -0.2) is 4.99 Å². The fraction of sp³-hybridized carbons (Fsp3) is 0.125. The Balaban J connectivity index is 0.000000220. The van der Waals surface area contributed by atoms with E-state index in [1.165, 1.54) is 50.3 Å². The Bertz CT molecular complexity index is 637. The second-order valence-electron chi connectivity index (χ2n) is 4.35. The maximum atomic E-state index is 10.6. The number of nitrogens with zero attached hydrogens (tertiary/aromatic N) is 1. The van der Waals surface area contributed by atoms with Gasteiger partial charge in [-0.2, -0.15) is 0 Å². The molecule has 0 aromatic heterocycles. The minimum Gasteiger partial charge on any atom is -0.508 e. The Labute approximate surface area is 127 Å². The first kappa shape index (κ1) is 17.0. The Morgan fingerprint density at radius 3 is 2.00 bits per heavy atom. The standard InChI is InChI=1S/C8H9NO2.C8H7NO2/c2*1-6(10)9-7-2-4-8(11)5-3-7/h2-5,11H,1H3,(H,9,10);2-5H,1H3. The van der Waals surface area contributed by atoms with E-state index in [1.54, 1.807) is 12.1 Å². The zero-order chi connectivity index (χ0) is 16.5. The first-order valence-electron chi connectivity index (χ1n) is 6.43. The topological polar surface area (TPSA) is 95.8 Å². The number of amides is 2. The number of phenolic OH excluding ortho intramolecular Hbond substituents is 1. The van der Waals surface area contributed by atoms with Crippen LogP contribution >= 0.6 is 0 Å². The predicted molar refractivity (Wildman–Crippen MR) is 83.8 cm³/mol. The molecular weight excluding hydrogens is 284 g/mol. The van der Waals surface area contributed by atoms with E-state index in [4.69, 9.17) is 5.11 Å². The number of phenols is 1. The molecule has 6 heteroatoms. The monoisotopic (exact) mass is 300 g/mol. The summed E-state index contributed by atoms with van der Waals surface area (Å²) in [7, 11) is 0. The summed E-state index contributed by atoms with van der Waals surface area (Å²) >= 11 is 0. The van der Waals surface area contributed by atoms with Crippen molar-refractivity contribution >= 4 is 29.0 Å². The fourth-order valence-electron chi connectivity index (χ4n) is 1.45. The average Bonchev–Trinajstić information content (AvgIpc) is 2.44. The summed E-state index contributed by atoms with van der Waals surface area (Å²) in [6.45, 7) is 2.80. The van der Waals surface area contributed by atoms with Gasteiger partial charge in [0.25, 0.3) is 0 Å². The summed E-state index contributed by atoms with van der Waals surface area (Å²) in [5.41, 5.74) is 1.22. The van der Waals surface area contributed by atoms with Crippen LogP contribution in [0.5, 0.6) is 5.75 Å². The highest BCUT2D eigenvalue weighted by molar-refractivity contribution is 6.18. The first-order valence-corrected chi connectivity index (χ1v) is 6.43. The summed E-state index contributed by atoms with van der Waals surface area (Å²) in [4.78, 5) is 35.2. The predicted octanol–water partition coefficient (Wildman–Crippen LogP) is 2.02. The van der Waals surface area contributed by atoms with Gasteiger partial charge in [0.1, 0.15) is 5.75 Å². The van der Waals surface area contributed by atoms with Gasteiger partial charge < -0.3 is 10.4 Å². The Hall–Kier alpha value is -3.02. The molecule has 0 bridgehead atoms. The highest BCUT2D eigenvalue weighted by Gasteiger charge is 1.99. The summed E-state index contributed by atoms with van der Waals surface area (Å²) in [5.74, 6) is -0.258. The van der Waals surface area contributed by atoms with Crippen molar-refractivity contribution in [2.75, 3.05) is 5.32 Å². The number of hydrogen-bond acceptors (Lipinski definition) is 4. The highest BCUT2D eigenvalue weighted by Crippen LogP contribution is 2.13. The van der Waals surface area contributed by atoms with Crippen LogP contribution in [0.15, 0.2) is 53.6 Å². The number of allylic oxidation sites excluding steroid dienone is 4. The van der Waals surface area contributed by atoms with Gasteiger partial charge in [0, 0.05) is 19.5 Å². The lowest BCUT2D eigenvalue weighted by Gasteiger charge is -1.99. The van der Waals surface area contributed by atoms with E-state index < -0.39 is 0 Å². The van der Waals surface area contributed by atoms with Crippen molar-refractivity contribution < 1.29 is 19.5 Å². The van der Waals surface area contributed by atoms with Crippen molar-refractivity contribution in [3.05, 3.63) is 48.6 Å². The molecule has 0 atom stereocenters. The van der Waals surface area contributed by atoms with E-state index in [9.17, 15) is 14.4 Å². The molecular formula is C16H16N2O4. The molecule has 0 unspecified atom stereocenters. The summed E-state index contributed by atoms with van der Waals surface area (Å²) in [6, 6.07) is 6.31. The normalized spacial score (nSPS) is 12.3. The molecule has 1 aliphatic rings. The molecule has 1 aromatic carbocycles. The van der Waals surface area contributed by atoms with E-state index >= 15 is 0 Å². The molecule has 2 rings (SSSR count). The molecule has 0 spiro atoms. The van der Waals surface area contributed by atoms with Gasteiger partial charge in [0.2, 0.25) is 11.8 Å². The molecule has 0 fully saturated rings. The Morgan fingerprint density at radius 2 is 1.55 bits per heavy atom. The molecule has 0 heterocycles. The third-order valence-electron chi connectivity index (χ3n) is 2.31. The molecule has 0 aliphatic heterocycles. The largest absolute Gasteiger partial charge is 0.508 e. The van der Waals surface area contributed by atoms with E-state index in [2.05, 4.69) is 10.3 Å². The van der Waals surface area contributed by atoms with E-state index in [-0.39, 0.29) is 23.3 Å². The number of benzene rings is 1. The number of aliphatic imine (C=N–C) groups is 1. The maximum Gasteiger partial charge on any atom is 0.243 e. The molecule has 1 aromatic rings. The molecule has 114 valence electrons. The molecule has 6 nitrogen and oxygen atoms in total. The lowest BCUT2D eigenvalue weighted by atomic mass is 10.2. The number of carbonyl (C=O) groups excluding carboxylic acids is 3. The van der Waals surface area contributed by atoms with E-state index in [0.717, 1.165) is 0 Å². The van der Waals surface area contributed by atoms with E-state index in [0.29, 0.717) is 11.4 Å². The molecule has 0 radical (unpaired) electrons. The summed E-state index contributed by atoms with van der Waals surface area (Å²) in [6.07, 6.45) is 5.79. The maximum absolute atomic E-state index is 10.6. The summed E-state index contributed by atoms with van der Waals surface area (Å²) < 4.78 is 0. The van der Waals surface area contributed by atoms with Crippen LogP contribution in [0.1, 0.15) is 13.8 Å². The van der Waals surface area contributed by atoms with E-state index in [1.807, 2.05) is 0 Å². The minimum atomic E-state index is -0.261. The van der Waals surface area contributed by atoms with Crippen molar-refractivity contribution in [1.82, 2.24) is 0 Å². The molecule has 1 aliphatic carbocycles. The van der Waals surface area contributed by atoms with Gasteiger partial charge in [0.15, 0.2) is 5.78 Å². The van der Waals surface area contributed by atoms with Crippen LogP contribution in [-0.2, 0) is 14.4 Å². The van der Waals surface area contributed by atoms with Crippen LogP contribution < -0.4 is 5.32 Å². The first-order chi connectivity index (χ1) is 10.4. The lowest BCUT2D eigenvalue weighted by molar-refractivity contribution is -0.116. The van der Waals surface area contributed by atoms with Crippen molar-refractivity contribution in [3.8, 4) is 5.75 Å². The zero-order valence-electron chi connectivity index (χ0n) is 12.2. The van der Waals surface area contributed by atoms with Crippen molar-refractivity contribution in [1.29, 1.82) is 0 Å². The average molecular weight is 300 g/mol. The molecule has 2 N–H and O–H groups in total. The smallest absolute Gasteiger partial charge is 0.243 e. The van der Waals surface area contributed by atoms with Crippen molar-refractivity contribution in [2.45, 2.75) is 13.8 Å². The number of carbonyl (C=O) groups is 3. The second-order valence-corrected chi connectivity index (χ2v) is 4.35. The van der Waals surface area contributed by atoms with Crippen LogP contribution in [0.25, 0.3) is 0 Å².